The van der Waals surface area contributed by atoms with Crippen LogP contribution in [-0.2, 0) is 24.8 Å². The van der Waals surface area contributed by atoms with E-state index in [4.69, 9.17) is 18.9 Å². The number of carboxylic acid groups (broad SMARTS) is 2. The third-order valence-corrected chi connectivity index (χ3v) is 3.94. The van der Waals surface area contributed by atoms with Crippen molar-refractivity contribution in [2.45, 2.75) is 5.79 Å². The van der Waals surface area contributed by atoms with Crippen molar-refractivity contribution in [3.8, 4) is 11.5 Å². The summed E-state index contributed by atoms with van der Waals surface area (Å²) in [6, 6.07) is 11.7. The minimum atomic E-state index is -1.76. The van der Waals surface area contributed by atoms with Gasteiger partial charge >= 0.3 is 37.7 Å². The summed E-state index contributed by atoms with van der Waals surface area (Å²) in [5.74, 6) is -4.49. The van der Waals surface area contributed by atoms with E-state index in [1.807, 2.05) is 0 Å². The summed E-state index contributed by atoms with van der Waals surface area (Å²) in [4.78, 5) is 34.0. The van der Waals surface area contributed by atoms with E-state index >= 15 is 0 Å². The van der Waals surface area contributed by atoms with Crippen molar-refractivity contribution in [2.24, 2.45) is 0 Å². The van der Waals surface area contributed by atoms with Gasteiger partial charge in [-0.15, -0.1) is 0 Å². The minimum Gasteiger partial charge on any atom is -0.546 e. The number of benzene rings is 2. The predicted octanol–water partition coefficient (Wildman–Crippen LogP) is -6.72. The number of carboxylic acids is 2. The van der Waals surface area contributed by atoms with Crippen LogP contribution in [-0.4, -0.2) is 45.2 Å². The Morgan fingerprint density at radius 1 is 0.742 bits per heavy atom. The molecule has 0 spiro atoms. The Morgan fingerprint density at radius 2 is 1.13 bits per heavy atom. The van der Waals surface area contributed by atoms with E-state index in [0.717, 1.165) is 0 Å². The van der Waals surface area contributed by atoms with Crippen LogP contribution in [0.2, 0.25) is 0 Å². The van der Waals surface area contributed by atoms with Gasteiger partial charge in [-0.25, -0.2) is 0 Å². The second-order valence-corrected chi connectivity index (χ2v) is 5.72. The molecule has 0 aromatic heterocycles. The van der Waals surface area contributed by atoms with Crippen molar-refractivity contribution in [3.05, 3.63) is 59.7 Å². The van der Waals surface area contributed by atoms with Crippen LogP contribution >= 0.6 is 0 Å². The quantitative estimate of drug-likeness (QED) is 0.199. The molecular weight excluding hydrogens is 398 g/mol. The molecule has 0 atom stereocenters. The van der Waals surface area contributed by atoms with Gasteiger partial charge in [0, 0.05) is 25.3 Å². The van der Waals surface area contributed by atoms with Crippen molar-refractivity contribution < 1.29 is 81.3 Å². The Morgan fingerprint density at radius 3 is 1.48 bits per heavy atom. The van der Waals surface area contributed by atoms with Crippen molar-refractivity contribution in [1.29, 1.82) is 0 Å². The fourth-order valence-electron chi connectivity index (χ4n) is 2.58. The number of Topliss-reactive ketones (excluding diaryl/α,β-unsaturated/α-hetero) is 1. The zero-order valence-corrected chi connectivity index (χ0v) is 17.7. The first kappa shape index (κ1) is 28.8. The summed E-state index contributed by atoms with van der Waals surface area (Å²) >= 11 is 0. The normalized spacial score (nSPS) is 10.3. The van der Waals surface area contributed by atoms with Crippen molar-refractivity contribution in [3.63, 3.8) is 0 Å². The zero-order chi connectivity index (χ0) is 21.4. The van der Waals surface area contributed by atoms with Gasteiger partial charge < -0.3 is 38.7 Å². The average Bonchev–Trinajstić information content (AvgIpc) is 2.73. The van der Waals surface area contributed by atoms with E-state index in [1.165, 1.54) is 62.8 Å². The third kappa shape index (κ3) is 7.44. The van der Waals surface area contributed by atoms with Gasteiger partial charge in [-0.2, -0.15) is 0 Å². The van der Waals surface area contributed by atoms with Crippen LogP contribution in [0, 0.1) is 0 Å². The molecule has 0 saturated heterocycles. The molecule has 2 aromatic carbocycles. The molecule has 0 radical (unpaired) electrons. The molecule has 0 fully saturated rings. The van der Waals surface area contributed by atoms with E-state index in [0.29, 0.717) is 5.56 Å². The number of hydrogen-bond acceptors (Lipinski definition) is 9. The second-order valence-electron chi connectivity index (χ2n) is 5.72. The second kappa shape index (κ2) is 13.2. The monoisotopic (exact) mass is 416 g/mol. The van der Waals surface area contributed by atoms with Crippen LogP contribution in [0.4, 0.5) is 0 Å². The van der Waals surface area contributed by atoms with Gasteiger partial charge in [0.15, 0.2) is 0 Å². The summed E-state index contributed by atoms with van der Waals surface area (Å²) in [7, 11) is 2.61. The Balaban J connectivity index is 0.00000450. The maximum Gasteiger partial charge on any atom is 1.00 e. The van der Waals surface area contributed by atoms with Crippen molar-refractivity contribution >= 4 is 17.7 Å². The molecule has 0 bridgehead atoms. The largest absolute Gasteiger partial charge is 1.00 e. The van der Waals surface area contributed by atoms with Crippen LogP contribution in [0.25, 0.3) is 0 Å². The number of methoxy groups -OCH3 is 2. The minimum absolute atomic E-state index is 0. The fourth-order valence-corrected chi connectivity index (χ4v) is 2.58. The maximum absolute atomic E-state index is 13.1. The maximum atomic E-state index is 13.1. The van der Waals surface area contributed by atoms with Gasteiger partial charge in [0.1, 0.15) is 24.7 Å². The first-order valence-electron chi connectivity index (χ1n) is 8.33. The van der Waals surface area contributed by atoms with Crippen LogP contribution in [0.15, 0.2) is 48.5 Å². The molecule has 2 aromatic rings. The summed E-state index contributed by atoms with van der Waals surface area (Å²) in [6.45, 7) is -1.22. The Labute approximate surface area is 203 Å². The number of rotatable bonds is 11. The van der Waals surface area contributed by atoms with Gasteiger partial charge in [-0.1, -0.05) is 0 Å². The Bertz CT molecular complexity index is 863. The number of carbonyl (C=O) groups excluding carboxylic acids is 3. The van der Waals surface area contributed by atoms with Crippen LogP contribution in [0.5, 0.6) is 11.5 Å². The van der Waals surface area contributed by atoms with Gasteiger partial charge in [-0.3, -0.25) is 4.79 Å². The van der Waals surface area contributed by atoms with Gasteiger partial charge in [0.05, 0.1) is 11.9 Å². The number of aliphatic carboxylic acids is 2. The smallest absolute Gasteiger partial charge is 0.546 e. The predicted molar refractivity (Wildman–Crippen MR) is 93.9 cm³/mol. The van der Waals surface area contributed by atoms with Gasteiger partial charge in [0.25, 0.3) is 5.79 Å². The summed E-state index contributed by atoms with van der Waals surface area (Å²) in [6.07, 6.45) is 0. The third-order valence-electron chi connectivity index (χ3n) is 3.94. The number of hydrogen-bond donors (Lipinski definition) is 0. The molecule has 0 aliphatic rings. The molecule has 9 nitrogen and oxygen atoms in total. The van der Waals surface area contributed by atoms with Crippen LogP contribution in [0.3, 0.4) is 0 Å². The molecule has 0 amide bonds. The SMILES string of the molecule is COC(OC)(C(=O)c1ccc(OCC(=O)[O-])cc1)c1ccc(OCC(=O)[O-])cc1.[Li+].[Li+]. The van der Waals surface area contributed by atoms with E-state index in [2.05, 4.69) is 0 Å². The topological polar surface area (TPSA) is 134 Å². The molecule has 0 unspecified atom stereocenters. The van der Waals surface area contributed by atoms with Crippen molar-refractivity contribution in [2.75, 3.05) is 27.4 Å². The van der Waals surface area contributed by atoms with Crippen LogP contribution < -0.4 is 57.4 Å². The zero-order valence-electron chi connectivity index (χ0n) is 17.7. The van der Waals surface area contributed by atoms with E-state index < -0.39 is 36.7 Å². The summed E-state index contributed by atoms with van der Waals surface area (Å²) in [5, 5.41) is 20.9. The van der Waals surface area contributed by atoms with E-state index in [9.17, 15) is 24.6 Å². The Hall–Kier alpha value is -2.24. The molecule has 2 rings (SSSR count). The molecule has 0 heterocycles. The standard InChI is InChI=1S/C20H20O9.2Li/c1-26-20(27-2,14-5-9-16(10-6-14)29-12-18(23)24)19(25)13-3-7-15(8-4-13)28-11-17(21)22;;/h3-10H,11-12H2,1-2H3,(H,21,22)(H,23,24);;/q;2*+1/p-2. The molecule has 0 N–H and O–H groups in total. The summed E-state index contributed by atoms with van der Waals surface area (Å²) in [5.41, 5.74) is 0.581. The van der Waals surface area contributed by atoms with Gasteiger partial charge in [-0.05, 0) is 48.5 Å². The van der Waals surface area contributed by atoms with Gasteiger partial charge in [0.2, 0.25) is 5.78 Å². The number of carbonyl (C=O) groups is 3. The summed E-state index contributed by atoms with van der Waals surface area (Å²) < 4.78 is 20.8. The van der Waals surface area contributed by atoms with E-state index in [-0.39, 0.29) is 54.8 Å². The molecule has 11 heteroatoms. The fraction of sp³-hybridized carbons (Fsp3) is 0.250. The molecular formula is C20H18Li2O9. The molecule has 0 aliphatic heterocycles. The number of ether oxygens (including phenoxy) is 4. The first-order chi connectivity index (χ1) is 13.8. The molecule has 31 heavy (non-hydrogen) atoms. The Kier molecular flexibility index (Phi) is 12.3. The average molecular weight is 416 g/mol. The first-order valence-corrected chi connectivity index (χ1v) is 8.33. The number of ketones is 1. The van der Waals surface area contributed by atoms with Crippen molar-refractivity contribution in [1.82, 2.24) is 0 Å². The van der Waals surface area contributed by atoms with E-state index in [1.54, 1.807) is 0 Å². The molecule has 154 valence electrons. The molecule has 0 aliphatic carbocycles. The molecule has 0 saturated carbocycles. The van der Waals surface area contributed by atoms with Crippen LogP contribution in [0.1, 0.15) is 15.9 Å².